The number of hydrogen-bond acceptors (Lipinski definition) is 3. The number of nitrogens with zero attached hydrogens (tertiary/aromatic N) is 1. The highest BCUT2D eigenvalue weighted by molar-refractivity contribution is 7.17. The first-order valence-electron chi connectivity index (χ1n) is 6.54. The van der Waals surface area contributed by atoms with Crippen LogP contribution in [0.15, 0.2) is 54.9 Å². The third-order valence-electron chi connectivity index (χ3n) is 3.36. The second-order valence-corrected chi connectivity index (χ2v) is 5.60. The molecule has 0 fully saturated rings. The van der Waals surface area contributed by atoms with E-state index in [-0.39, 0.29) is 5.75 Å². The fraction of sp³-hybridized carbons (Fsp3) is 0.125. The summed E-state index contributed by atoms with van der Waals surface area (Å²) in [5.74, 6) is -1.84. The Hall–Kier alpha value is -2.13. The Morgan fingerprint density at radius 1 is 1.14 bits per heavy atom. The molecule has 6 heteroatoms. The smallest absolute Gasteiger partial charge is 0.408 e. The van der Waals surface area contributed by atoms with E-state index in [4.69, 9.17) is 4.74 Å². The SMILES string of the molecule is C=C1Oc2ccc(-c3ccc(OC(F)(F)P)cc3)cc2N1C. The molecule has 3 rings (SSSR count). The van der Waals surface area contributed by atoms with Crippen molar-refractivity contribution >= 4 is 14.9 Å². The van der Waals surface area contributed by atoms with Crippen molar-refractivity contribution in [3.63, 3.8) is 0 Å². The molecule has 2 aromatic rings. The van der Waals surface area contributed by atoms with E-state index >= 15 is 0 Å². The molecule has 0 amide bonds. The van der Waals surface area contributed by atoms with Gasteiger partial charge in [-0.05, 0) is 51.2 Å². The molecule has 1 atom stereocenters. The first-order valence-corrected chi connectivity index (χ1v) is 7.12. The Bertz CT molecular complexity index is 726. The predicted molar refractivity (Wildman–Crippen MR) is 85.3 cm³/mol. The summed E-state index contributed by atoms with van der Waals surface area (Å²) >= 11 is 0. The normalized spacial score (nSPS) is 13.8. The number of ether oxygens (including phenoxy) is 2. The van der Waals surface area contributed by atoms with Gasteiger partial charge in [0.2, 0.25) is 0 Å². The van der Waals surface area contributed by atoms with Crippen LogP contribution < -0.4 is 14.4 Å². The zero-order valence-electron chi connectivity index (χ0n) is 11.8. The van der Waals surface area contributed by atoms with Gasteiger partial charge < -0.3 is 14.4 Å². The molecule has 0 N–H and O–H groups in total. The van der Waals surface area contributed by atoms with Crippen molar-refractivity contribution in [3.05, 3.63) is 54.9 Å². The van der Waals surface area contributed by atoms with Crippen molar-refractivity contribution in [3.8, 4) is 22.6 Å². The zero-order valence-corrected chi connectivity index (χ0v) is 13.0. The van der Waals surface area contributed by atoms with E-state index in [0.717, 1.165) is 22.6 Å². The molecular weight excluding hydrogens is 307 g/mol. The predicted octanol–water partition coefficient (Wildman–Crippen LogP) is 4.46. The molecule has 22 heavy (non-hydrogen) atoms. The Kier molecular flexibility index (Phi) is 3.53. The zero-order chi connectivity index (χ0) is 15.9. The summed E-state index contributed by atoms with van der Waals surface area (Å²) in [7, 11) is 3.22. The molecular formula is C16H14F2NO2P. The van der Waals surface area contributed by atoms with Gasteiger partial charge in [0.05, 0.1) is 5.69 Å². The molecule has 0 spiro atoms. The third kappa shape index (κ3) is 2.90. The van der Waals surface area contributed by atoms with E-state index in [2.05, 4.69) is 11.3 Å². The van der Waals surface area contributed by atoms with Crippen molar-refractivity contribution in [2.75, 3.05) is 11.9 Å². The van der Waals surface area contributed by atoms with E-state index in [9.17, 15) is 8.78 Å². The van der Waals surface area contributed by atoms with Gasteiger partial charge in [0.25, 0.3) is 0 Å². The average Bonchev–Trinajstić information content (AvgIpc) is 2.73. The average molecular weight is 321 g/mol. The molecule has 1 aliphatic rings. The summed E-state index contributed by atoms with van der Waals surface area (Å²) in [6, 6.07) is 12.2. The summed E-state index contributed by atoms with van der Waals surface area (Å²) in [5.41, 5.74) is 2.76. The van der Waals surface area contributed by atoms with Crippen LogP contribution in [0.25, 0.3) is 11.1 Å². The standard InChI is InChI=1S/C16H14F2NO2P/c1-10-19(2)14-9-12(5-8-15(14)20-10)11-3-6-13(7-4-11)21-16(17,18)22/h3-9H,1,22H2,2H3. The second kappa shape index (κ2) is 5.25. The molecule has 0 saturated heterocycles. The summed E-state index contributed by atoms with van der Waals surface area (Å²) < 4.78 is 35.5. The maximum absolute atomic E-state index is 12.8. The summed E-state index contributed by atoms with van der Waals surface area (Å²) in [6.45, 7) is 3.81. The van der Waals surface area contributed by atoms with Gasteiger partial charge in [0, 0.05) is 7.05 Å². The topological polar surface area (TPSA) is 21.7 Å². The van der Waals surface area contributed by atoms with Crippen molar-refractivity contribution < 1.29 is 18.3 Å². The molecule has 114 valence electrons. The Morgan fingerprint density at radius 3 is 2.41 bits per heavy atom. The number of anilines is 1. The van der Waals surface area contributed by atoms with Crippen molar-refractivity contribution in [1.82, 2.24) is 0 Å². The van der Waals surface area contributed by atoms with Gasteiger partial charge in [-0.3, -0.25) is 0 Å². The maximum atomic E-state index is 12.8. The van der Waals surface area contributed by atoms with Gasteiger partial charge in [0.1, 0.15) is 5.75 Å². The van der Waals surface area contributed by atoms with Gasteiger partial charge in [0.15, 0.2) is 11.6 Å². The molecule has 3 nitrogen and oxygen atoms in total. The van der Waals surface area contributed by atoms with Gasteiger partial charge in [-0.2, -0.15) is 8.78 Å². The lowest BCUT2D eigenvalue weighted by Gasteiger charge is -2.13. The van der Waals surface area contributed by atoms with Gasteiger partial charge in [-0.15, -0.1) is 0 Å². The monoisotopic (exact) mass is 321 g/mol. The van der Waals surface area contributed by atoms with Gasteiger partial charge in [-0.1, -0.05) is 18.2 Å². The van der Waals surface area contributed by atoms with Crippen molar-refractivity contribution in [2.45, 2.75) is 5.85 Å². The molecule has 2 aromatic carbocycles. The molecule has 0 bridgehead atoms. The lowest BCUT2D eigenvalue weighted by Crippen LogP contribution is -2.14. The minimum absolute atomic E-state index is 0.110. The summed E-state index contributed by atoms with van der Waals surface area (Å²) in [6.07, 6.45) is 0. The molecule has 1 unspecified atom stereocenters. The minimum atomic E-state index is -3.27. The fourth-order valence-electron chi connectivity index (χ4n) is 2.25. The van der Waals surface area contributed by atoms with Crippen LogP contribution in [0.1, 0.15) is 0 Å². The van der Waals surface area contributed by atoms with E-state index in [1.54, 1.807) is 12.1 Å². The second-order valence-electron chi connectivity index (χ2n) is 4.93. The van der Waals surface area contributed by atoms with Crippen LogP contribution in [-0.2, 0) is 0 Å². The number of fused-ring (bicyclic) bond motifs is 1. The molecule has 0 aliphatic carbocycles. The molecule has 0 saturated carbocycles. The number of benzene rings is 2. The lowest BCUT2D eigenvalue weighted by molar-refractivity contribution is -0.0892. The summed E-state index contributed by atoms with van der Waals surface area (Å²) in [4.78, 5) is 1.85. The number of rotatable bonds is 3. The quantitative estimate of drug-likeness (QED) is 0.779. The number of halogens is 2. The van der Waals surface area contributed by atoms with Gasteiger partial charge in [-0.25, -0.2) is 0 Å². The highest BCUT2D eigenvalue weighted by atomic mass is 31.0. The first kappa shape index (κ1) is 14.8. The molecule has 0 radical (unpaired) electrons. The van der Waals surface area contributed by atoms with E-state index in [0.29, 0.717) is 5.88 Å². The molecule has 1 aliphatic heterocycles. The van der Waals surface area contributed by atoms with Crippen LogP contribution >= 0.6 is 9.24 Å². The Morgan fingerprint density at radius 2 is 1.77 bits per heavy atom. The van der Waals surface area contributed by atoms with Crippen LogP contribution in [0.4, 0.5) is 14.5 Å². The van der Waals surface area contributed by atoms with Crippen LogP contribution in [0, 0.1) is 0 Å². The minimum Gasteiger partial charge on any atom is -0.439 e. The van der Waals surface area contributed by atoms with Crippen molar-refractivity contribution in [2.24, 2.45) is 0 Å². The largest absolute Gasteiger partial charge is 0.439 e. The lowest BCUT2D eigenvalue weighted by atomic mass is 10.0. The van der Waals surface area contributed by atoms with Crippen LogP contribution in [0.3, 0.4) is 0 Å². The molecule has 1 heterocycles. The maximum Gasteiger partial charge on any atom is 0.408 e. The van der Waals surface area contributed by atoms with Crippen molar-refractivity contribution in [1.29, 1.82) is 0 Å². The highest BCUT2D eigenvalue weighted by Gasteiger charge is 2.24. The van der Waals surface area contributed by atoms with E-state index in [1.165, 1.54) is 21.4 Å². The highest BCUT2D eigenvalue weighted by Crippen LogP contribution is 2.40. The first-order chi connectivity index (χ1) is 10.3. The number of hydrogen-bond donors (Lipinski definition) is 0. The van der Waals surface area contributed by atoms with Crippen LogP contribution in [-0.4, -0.2) is 12.9 Å². The van der Waals surface area contributed by atoms with Gasteiger partial charge >= 0.3 is 5.85 Å². The Labute approximate surface area is 129 Å². The third-order valence-corrected chi connectivity index (χ3v) is 3.48. The number of alkyl halides is 2. The Balaban J connectivity index is 1.88. The fourth-order valence-corrected chi connectivity index (χ4v) is 2.38. The van der Waals surface area contributed by atoms with Crippen LogP contribution in [0.5, 0.6) is 11.5 Å². The summed E-state index contributed by atoms with van der Waals surface area (Å²) in [5, 5.41) is 0. The van der Waals surface area contributed by atoms with Crippen LogP contribution in [0.2, 0.25) is 0 Å². The molecule has 0 aromatic heterocycles. The van der Waals surface area contributed by atoms with E-state index in [1.807, 2.05) is 30.1 Å². The van der Waals surface area contributed by atoms with E-state index < -0.39 is 5.85 Å².